The lowest BCUT2D eigenvalue weighted by atomic mass is 9.76. The van der Waals surface area contributed by atoms with Gasteiger partial charge in [-0.05, 0) is 75.7 Å². The second kappa shape index (κ2) is 7.38. The van der Waals surface area contributed by atoms with Crippen molar-refractivity contribution in [1.29, 1.82) is 0 Å². The highest BCUT2D eigenvalue weighted by atomic mass is 16.6. The number of ether oxygens (including phenoxy) is 2. The summed E-state index contributed by atoms with van der Waals surface area (Å²) in [5, 5.41) is 0. The molecule has 2 saturated carbocycles. The smallest absolute Gasteiger partial charge is 0.323 e. The number of esters is 2. The van der Waals surface area contributed by atoms with Crippen LogP contribution in [-0.2, 0) is 19.1 Å². The van der Waals surface area contributed by atoms with E-state index in [2.05, 4.69) is 31.2 Å². The molecule has 0 heterocycles. The van der Waals surface area contributed by atoms with Crippen molar-refractivity contribution in [3.05, 3.63) is 47.0 Å². The minimum absolute atomic E-state index is 0.270. The fourth-order valence-electron chi connectivity index (χ4n) is 6.23. The lowest BCUT2D eigenvalue weighted by Gasteiger charge is -2.29. The molecule has 0 radical (unpaired) electrons. The molecule has 150 valence electrons. The summed E-state index contributed by atoms with van der Waals surface area (Å²) in [6.45, 7) is 6.37. The maximum absolute atomic E-state index is 13.0. The Morgan fingerprint density at radius 3 is 2.25 bits per heavy atom. The molecule has 4 heteroatoms. The Bertz CT molecular complexity index is 776. The van der Waals surface area contributed by atoms with Gasteiger partial charge in [0.15, 0.2) is 5.41 Å². The SMILES string of the molecule is CCOC(=O)C1(C(=O)OCC)C[C@@H]2[C@@H](c3ccccc3)[C@H]3CCC(C)=C3[C@@H]2C1. The maximum atomic E-state index is 13.0. The van der Waals surface area contributed by atoms with Crippen molar-refractivity contribution in [1.82, 2.24) is 0 Å². The molecule has 28 heavy (non-hydrogen) atoms. The molecule has 3 aliphatic carbocycles. The van der Waals surface area contributed by atoms with Crippen LogP contribution in [0.3, 0.4) is 0 Å². The van der Waals surface area contributed by atoms with Crippen molar-refractivity contribution in [2.24, 2.45) is 23.2 Å². The van der Waals surface area contributed by atoms with Crippen molar-refractivity contribution >= 4 is 11.9 Å². The zero-order chi connectivity index (χ0) is 19.9. The molecule has 2 fully saturated rings. The highest BCUT2D eigenvalue weighted by Crippen LogP contribution is 2.66. The molecular formula is C24H30O4. The first kappa shape index (κ1) is 19.2. The summed E-state index contributed by atoms with van der Waals surface area (Å²) in [4.78, 5) is 26.0. The highest BCUT2D eigenvalue weighted by Gasteiger charge is 2.64. The van der Waals surface area contributed by atoms with Crippen LogP contribution in [0.15, 0.2) is 41.5 Å². The fraction of sp³-hybridized carbons (Fsp3) is 0.583. The lowest BCUT2D eigenvalue weighted by Crippen LogP contribution is -2.41. The first-order chi connectivity index (χ1) is 13.5. The Labute approximate surface area is 167 Å². The van der Waals surface area contributed by atoms with E-state index in [4.69, 9.17) is 9.47 Å². The summed E-state index contributed by atoms with van der Waals surface area (Å²) in [5.74, 6) is 0.659. The van der Waals surface area contributed by atoms with Crippen LogP contribution in [-0.4, -0.2) is 25.2 Å². The average molecular weight is 383 g/mol. The molecule has 0 bridgehead atoms. The van der Waals surface area contributed by atoms with Gasteiger partial charge in [-0.25, -0.2) is 0 Å². The third-order valence-electron chi connectivity index (χ3n) is 7.20. The topological polar surface area (TPSA) is 52.6 Å². The van der Waals surface area contributed by atoms with Gasteiger partial charge in [0, 0.05) is 0 Å². The Morgan fingerprint density at radius 2 is 1.64 bits per heavy atom. The van der Waals surface area contributed by atoms with Gasteiger partial charge in [0.1, 0.15) is 0 Å². The van der Waals surface area contributed by atoms with Crippen molar-refractivity contribution in [3.8, 4) is 0 Å². The van der Waals surface area contributed by atoms with Crippen LogP contribution in [0.25, 0.3) is 0 Å². The van der Waals surface area contributed by atoms with Gasteiger partial charge in [-0.1, -0.05) is 41.5 Å². The summed E-state index contributed by atoms with van der Waals surface area (Å²) < 4.78 is 10.8. The van der Waals surface area contributed by atoms with Crippen LogP contribution in [0.5, 0.6) is 0 Å². The maximum Gasteiger partial charge on any atom is 0.323 e. The monoisotopic (exact) mass is 382 g/mol. The molecule has 4 atom stereocenters. The summed E-state index contributed by atoms with van der Waals surface area (Å²) in [7, 11) is 0. The van der Waals surface area contributed by atoms with Crippen LogP contribution < -0.4 is 0 Å². The lowest BCUT2D eigenvalue weighted by molar-refractivity contribution is -0.172. The van der Waals surface area contributed by atoms with Gasteiger partial charge in [0.05, 0.1) is 13.2 Å². The molecule has 3 aliphatic rings. The van der Waals surface area contributed by atoms with E-state index >= 15 is 0 Å². The van der Waals surface area contributed by atoms with E-state index in [-0.39, 0.29) is 25.0 Å². The van der Waals surface area contributed by atoms with E-state index in [1.807, 2.05) is 6.07 Å². The van der Waals surface area contributed by atoms with Crippen molar-refractivity contribution in [3.63, 3.8) is 0 Å². The Balaban J connectivity index is 1.76. The second-order valence-electron chi connectivity index (χ2n) is 8.52. The van der Waals surface area contributed by atoms with E-state index in [0.29, 0.717) is 24.7 Å². The van der Waals surface area contributed by atoms with Gasteiger partial charge in [0.25, 0.3) is 0 Å². The molecule has 0 saturated heterocycles. The molecule has 4 nitrogen and oxygen atoms in total. The van der Waals surface area contributed by atoms with Gasteiger partial charge >= 0.3 is 11.9 Å². The Hall–Kier alpha value is -2.10. The van der Waals surface area contributed by atoms with Crippen LogP contribution >= 0.6 is 0 Å². The normalized spacial score (nSPS) is 30.1. The predicted molar refractivity (Wildman–Crippen MR) is 107 cm³/mol. The van der Waals surface area contributed by atoms with E-state index in [9.17, 15) is 9.59 Å². The molecule has 0 unspecified atom stereocenters. The summed E-state index contributed by atoms with van der Waals surface area (Å²) >= 11 is 0. The molecule has 1 aromatic carbocycles. The number of hydrogen-bond donors (Lipinski definition) is 0. The summed E-state index contributed by atoms with van der Waals surface area (Å²) in [6, 6.07) is 10.6. The molecule has 4 rings (SSSR count). The first-order valence-electron chi connectivity index (χ1n) is 10.6. The number of rotatable bonds is 5. The van der Waals surface area contributed by atoms with Gasteiger partial charge in [0.2, 0.25) is 0 Å². The standard InChI is InChI=1S/C24H30O4/c1-4-27-22(25)24(23(26)28-5-2)13-18-19(14-24)21(16-9-7-6-8-10-16)17-12-11-15(3)20(17)18/h6-10,17-19,21H,4-5,11-14H2,1-3H3/t17-,18+,19-,21-/m0/s1. The van der Waals surface area contributed by atoms with Crippen molar-refractivity contribution < 1.29 is 19.1 Å². The van der Waals surface area contributed by atoms with Crippen molar-refractivity contribution in [2.75, 3.05) is 13.2 Å². The largest absolute Gasteiger partial charge is 0.465 e. The zero-order valence-corrected chi connectivity index (χ0v) is 17.1. The minimum atomic E-state index is -1.16. The Morgan fingerprint density at radius 1 is 1.00 bits per heavy atom. The molecular weight excluding hydrogens is 352 g/mol. The summed E-state index contributed by atoms with van der Waals surface area (Å²) in [5.41, 5.74) is 3.14. The van der Waals surface area contributed by atoms with Gasteiger partial charge in [-0.2, -0.15) is 0 Å². The van der Waals surface area contributed by atoms with Crippen LogP contribution in [0, 0.1) is 23.2 Å². The van der Waals surface area contributed by atoms with E-state index in [0.717, 1.165) is 6.42 Å². The van der Waals surface area contributed by atoms with Gasteiger partial charge < -0.3 is 9.47 Å². The van der Waals surface area contributed by atoms with Crippen LogP contribution in [0.1, 0.15) is 57.9 Å². The van der Waals surface area contributed by atoms with Crippen LogP contribution in [0.4, 0.5) is 0 Å². The molecule has 0 spiro atoms. The molecule has 1 aromatic rings. The predicted octanol–water partition coefficient (Wildman–Crippen LogP) is 4.65. The van der Waals surface area contributed by atoms with Gasteiger partial charge in [-0.15, -0.1) is 0 Å². The van der Waals surface area contributed by atoms with Crippen molar-refractivity contribution in [2.45, 2.75) is 52.4 Å². The zero-order valence-electron chi connectivity index (χ0n) is 17.1. The third-order valence-corrected chi connectivity index (χ3v) is 7.20. The average Bonchev–Trinajstić information content (AvgIpc) is 3.33. The van der Waals surface area contributed by atoms with E-state index in [1.54, 1.807) is 13.8 Å². The molecule has 0 aromatic heterocycles. The third kappa shape index (κ3) is 2.80. The fourth-order valence-corrected chi connectivity index (χ4v) is 6.23. The number of fused-ring (bicyclic) bond motifs is 3. The second-order valence-corrected chi connectivity index (χ2v) is 8.52. The number of benzene rings is 1. The number of carbonyl (C=O) groups is 2. The summed E-state index contributed by atoms with van der Waals surface area (Å²) in [6.07, 6.45) is 3.36. The molecule has 0 N–H and O–H groups in total. The number of hydrogen-bond acceptors (Lipinski definition) is 4. The Kier molecular flexibility index (Phi) is 5.07. The highest BCUT2D eigenvalue weighted by molar-refractivity contribution is 6.00. The number of allylic oxidation sites excluding steroid dienone is 2. The quantitative estimate of drug-likeness (QED) is 0.423. The van der Waals surface area contributed by atoms with E-state index < -0.39 is 17.4 Å². The number of carbonyl (C=O) groups excluding carboxylic acids is 2. The van der Waals surface area contributed by atoms with E-state index in [1.165, 1.54) is 23.1 Å². The minimum Gasteiger partial charge on any atom is -0.465 e. The first-order valence-corrected chi connectivity index (χ1v) is 10.6. The van der Waals surface area contributed by atoms with Crippen LogP contribution in [0.2, 0.25) is 0 Å². The molecule has 0 aliphatic heterocycles. The molecule has 0 amide bonds. The van der Waals surface area contributed by atoms with Gasteiger partial charge in [-0.3, -0.25) is 9.59 Å².